The van der Waals surface area contributed by atoms with Crippen LogP contribution in [-0.4, -0.2) is 69.2 Å². The number of anilines is 3. The van der Waals surface area contributed by atoms with Crippen molar-refractivity contribution in [1.29, 1.82) is 0 Å². The molecular formula is C25H33N7O3. The van der Waals surface area contributed by atoms with Gasteiger partial charge in [-0.3, -0.25) is 4.68 Å². The summed E-state index contributed by atoms with van der Waals surface area (Å²) in [5.41, 5.74) is 0.759. The maximum atomic E-state index is 9.24. The summed E-state index contributed by atoms with van der Waals surface area (Å²) in [4.78, 5) is 18.4. The van der Waals surface area contributed by atoms with Gasteiger partial charge in [-0.05, 0) is 69.5 Å². The normalized spacial score (nSPS) is 17.0. The molecule has 186 valence electrons. The Kier molecular flexibility index (Phi) is 7.59. The summed E-state index contributed by atoms with van der Waals surface area (Å²) in [5.74, 6) is 2.17. The van der Waals surface area contributed by atoms with Gasteiger partial charge in [0.25, 0.3) is 0 Å². The van der Waals surface area contributed by atoms with Crippen LogP contribution in [0.1, 0.15) is 38.1 Å². The van der Waals surface area contributed by atoms with Gasteiger partial charge in [0.15, 0.2) is 5.75 Å². The molecule has 0 radical (unpaired) electrons. The first-order chi connectivity index (χ1) is 17.3. The first kappa shape index (κ1) is 23.4. The van der Waals surface area contributed by atoms with Crippen molar-refractivity contribution in [2.75, 3.05) is 49.5 Å². The minimum Gasteiger partial charge on any atom is -0.489 e. The van der Waals surface area contributed by atoms with Crippen LogP contribution >= 0.6 is 0 Å². The highest BCUT2D eigenvalue weighted by atomic mass is 17.1. The van der Waals surface area contributed by atoms with Crippen molar-refractivity contribution in [1.82, 2.24) is 24.6 Å². The number of likely N-dealkylation sites (tertiary alicyclic amines) is 1. The predicted octanol–water partition coefficient (Wildman–Crippen LogP) is 3.97. The van der Waals surface area contributed by atoms with Gasteiger partial charge in [0.05, 0.1) is 12.6 Å². The number of piperidine rings is 1. The lowest BCUT2D eigenvalue weighted by Crippen LogP contribution is -2.35. The average Bonchev–Trinajstić information content (AvgIpc) is 3.62. The highest BCUT2D eigenvalue weighted by Crippen LogP contribution is 2.32. The van der Waals surface area contributed by atoms with Crippen LogP contribution in [-0.2, 0) is 0 Å². The summed E-state index contributed by atoms with van der Waals surface area (Å²) in [6.07, 6.45) is 11.2. The molecule has 10 heteroatoms. The zero-order valence-corrected chi connectivity index (χ0v) is 19.9. The van der Waals surface area contributed by atoms with Crippen molar-refractivity contribution in [3.05, 3.63) is 48.9 Å². The van der Waals surface area contributed by atoms with Gasteiger partial charge < -0.3 is 24.7 Å². The van der Waals surface area contributed by atoms with Crippen molar-refractivity contribution in [3.8, 4) is 11.5 Å². The van der Waals surface area contributed by atoms with Crippen LogP contribution in [0.4, 0.5) is 17.5 Å². The summed E-state index contributed by atoms with van der Waals surface area (Å²) in [6.45, 7) is 5.75. The number of nitrogens with zero attached hydrogens (tertiary/aromatic N) is 6. The van der Waals surface area contributed by atoms with Crippen LogP contribution in [0, 0.1) is 0 Å². The number of nitrogens with one attached hydrogen (secondary N) is 1. The van der Waals surface area contributed by atoms with Crippen molar-refractivity contribution in [2.24, 2.45) is 0 Å². The Morgan fingerprint density at radius 3 is 2.66 bits per heavy atom. The van der Waals surface area contributed by atoms with Gasteiger partial charge in [-0.1, -0.05) is 0 Å². The molecule has 0 aliphatic carbocycles. The molecule has 2 aliphatic rings. The van der Waals surface area contributed by atoms with Crippen LogP contribution in [0.25, 0.3) is 0 Å². The Hall–Kier alpha value is -3.37. The van der Waals surface area contributed by atoms with Crippen LogP contribution in [0.5, 0.6) is 11.5 Å². The van der Waals surface area contributed by atoms with Crippen LogP contribution < -0.4 is 19.8 Å². The number of rotatable bonds is 10. The summed E-state index contributed by atoms with van der Waals surface area (Å²) in [5, 5.41) is 16.9. The van der Waals surface area contributed by atoms with E-state index >= 15 is 0 Å². The Morgan fingerprint density at radius 2 is 1.89 bits per heavy atom. The second-order valence-corrected chi connectivity index (χ2v) is 9.07. The lowest BCUT2D eigenvalue weighted by Gasteiger charge is -2.32. The quantitative estimate of drug-likeness (QED) is 0.254. The van der Waals surface area contributed by atoms with E-state index in [-0.39, 0.29) is 5.75 Å². The third-order valence-corrected chi connectivity index (χ3v) is 6.70. The van der Waals surface area contributed by atoms with Crippen LogP contribution in [0.15, 0.2) is 48.9 Å². The topological polar surface area (TPSA) is 101 Å². The van der Waals surface area contributed by atoms with E-state index in [2.05, 4.69) is 34.8 Å². The third kappa shape index (κ3) is 6.01. The first-order valence-corrected chi connectivity index (χ1v) is 12.4. The monoisotopic (exact) mass is 479 g/mol. The lowest BCUT2D eigenvalue weighted by atomic mass is 10.1. The minimum atomic E-state index is 0.284. The fraction of sp³-hybridized carbons (Fsp3) is 0.480. The minimum absolute atomic E-state index is 0.284. The summed E-state index contributed by atoms with van der Waals surface area (Å²) in [7, 11) is 0. The maximum Gasteiger partial charge on any atom is 0.229 e. The number of benzene rings is 1. The molecule has 2 aromatic heterocycles. The van der Waals surface area contributed by atoms with Crippen molar-refractivity contribution in [2.45, 2.75) is 38.1 Å². The molecule has 2 saturated heterocycles. The highest BCUT2D eigenvalue weighted by Gasteiger charge is 2.22. The number of ether oxygens (including phenoxy) is 1. The molecule has 2 fully saturated rings. The van der Waals surface area contributed by atoms with Crippen molar-refractivity contribution in [3.63, 3.8) is 0 Å². The van der Waals surface area contributed by atoms with Gasteiger partial charge in [-0.2, -0.15) is 10.1 Å². The van der Waals surface area contributed by atoms with Crippen LogP contribution in [0.2, 0.25) is 0 Å². The molecule has 0 atom stereocenters. The molecule has 0 unspecified atom stereocenters. The van der Waals surface area contributed by atoms with E-state index in [9.17, 15) is 5.26 Å². The molecular weight excluding hydrogens is 446 g/mol. The molecule has 0 saturated carbocycles. The molecule has 0 bridgehead atoms. The van der Waals surface area contributed by atoms with Crippen molar-refractivity contribution >= 4 is 17.5 Å². The predicted molar refractivity (Wildman–Crippen MR) is 134 cm³/mol. The largest absolute Gasteiger partial charge is 0.489 e. The molecule has 2 N–H and O–H groups in total. The summed E-state index contributed by atoms with van der Waals surface area (Å²) >= 11 is 0. The van der Waals surface area contributed by atoms with Crippen LogP contribution in [0.3, 0.4) is 0 Å². The molecule has 5 rings (SSSR count). The van der Waals surface area contributed by atoms with Crippen molar-refractivity contribution < 1.29 is 14.9 Å². The van der Waals surface area contributed by atoms with E-state index in [4.69, 9.17) is 9.72 Å². The zero-order valence-electron chi connectivity index (χ0n) is 19.9. The third-order valence-electron chi connectivity index (χ3n) is 6.70. The Balaban J connectivity index is 1.18. The van der Waals surface area contributed by atoms with Gasteiger partial charge in [-0.15, -0.1) is 0 Å². The van der Waals surface area contributed by atoms with Gasteiger partial charge in [0.2, 0.25) is 11.7 Å². The van der Waals surface area contributed by atoms with Gasteiger partial charge in [0.1, 0.15) is 5.82 Å². The standard InChI is InChI=1S/C25H33N7O3/c33-35-22-6-5-20(19-23(22)34-18-4-14-30-12-1-2-13-30)28-25-26-11-7-24(29-25)31-16-8-21(9-17-31)32-15-3-10-27-32/h3,5-7,10-11,15,19,21,33H,1-2,4,8-9,12-14,16-18H2,(H,26,28,29). The molecule has 4 heterocycles. The fourth-order valence-electron chi connectivity index (χ4n) is 4.82. The molecule has 1 aromatic carbocycles. The van der Waals surface area contributed by atoms with E-state index in [0.29, 0.717) is 24.3 Å². The van der Waals surface area contributed by atoms with E-state index in [1.54, 1.807) is 24.4 Å². The molecule has 3 aromatic rings. The molecule has 35 heavy (non-hydrogen) atoms. The Labute approximate surface area is 205 Å². The van der Waals surface area contributed by atoms with E-state index in [0.717, 1.165) is 50.4 Å². The second-order valence-electron chi connectivity index (χ2n) is 9.07. The molecule has 0 spiro atoms. The summed E-state index contributed by atoms with van der Waals surface area (Å²) in [6, 6.07) is 9.61. The molecule has 0 amide bonds. The summed E-state index contributed by atoms with van der Waals surface area (Å²) < 4.78 is 7.97. The Morgan fingerprint density at radius 1 is 1.03 bits per heavy atom. The first-order valence-electron chi connectivity index (χ1n) is 12.4. The van der Waals surface area contributed by atoms with E-state index in [1.165, 1.54) is 25.9 Å². The number of hydrogen-bond acceptors (Lipinski definition) is 9. The second kappa shape index (κ2) is 11.4. The fourth-order valence-corrected chi connectivity index (χ4v) is 4.82. The van der Waals surface area contributed by atoms with E-state index in [1.807, 2.05) is 24.5 Å². The highest BCUT2D eigenvalue weighted by molar-refractivity contribution is 5.60. The Bertz CT molecular complexity index is 1060. The smallest absolute Gasteiger partial charge is 0.229 e. The maximum absolute atomic E-state index is 9.24. The zero-order chi connectivity index (χ0) is 23.9. The number of hydrogen-bond donors (Lipinski definition) is 2. The lowest BCUT2D eigenvalue weighted by molar-refractivity contribution is -0.139. The van der Waals surface area contributed by atoms with E-state index < -0.39 is 0 Å². The molecule has 2 aliphatic heterocycles. The van der Waals surface area contributed by atoms with Gasteiger partial charge >= 0.3 is 0 Å². The van der Waals surface area contributed by atoms with Gasteiger partial charge in [-0.25, -0.2) is 10.2 Å². The molecule has 10 nitrogen and oxygen atoms in total. The number of aromatic nitrogens is 4. The average molecular weight is 480 g/mol. The van der Waals surface area contributed by atoms with Gasteiger partial charge in [0, 0.05) is 50.0 Å². The SMILES string of the molecule is OOc1ccc(Nc2nccc(N3CCC(n4cccn4)CC3)n2)cc1OCCCN1CCCC1.